The highest BCUT2D eigenvalue weighted by atomic mass is 16.5. The van der Waals surface area contributed by atoms with Crippen LogP contribution < -0.4 is 0 Å². The van der Waals surface area contributed by atoms with Crippen LogP contribution in [0.25, 0.3) is 5.69 Å². The summed E-state index contributed by atoms with van der Waals surface area (Å²) in [6.07, 6.45) is 1.67. The van der Waals surface area contributed by atoms with Gasteiger partial charge in [0.2, 0.25) is 0 Å². The molecule has 0 saturated heterocycles. The first-order valence-corrected chi connectivity index (χ1v) is 6.06. The van der Waals surface area contributed by atoms with E-state index in [2.05, 4.69) is 4.98 Å². The molecule has 1 aromatic carbocycles. The summed E-state index contributed by atoms with van der Waals surface area (Å²) in [5, 5.41) is 0. The summed E-state index contributed by atoms with van der Waals surface area (Å²) in [6, 6.07) is 9.67. The smallest absolute Gasteiger partial charge is 0.358 e. The molecule has 19 heavy (non-hydrogen) atoms. The van der Waals surface area contributed by atoms with E-state index in [0.717, 1.165) is 5.69 Å². The number of nitrogens with zero attached hydrogens (tertiary/aromatic N) is 2. The first-order chi connectivity index (χ1) is 9.26. The Kier molecular flexibility index (Phi) is 4.30. The quantitative estimate of drug-likeness (QED) is 0.773. The topological polar surface area (TPSA) is 53.4 Å². The molecule has 0 bridgehead atoms. The van der Waals surface area contributed by atoms with Crippen molar-refractivity contribution in [2.45, 2.75) is 13.5 Å². The van der Waals surface area contributed by atoms with Crippen LogP contribution in [0.5, 0.6) is 0 Å². The van der Waals surface area contributed by atoms with Crippen molar-refractivity contribution in [2.24, 2.45) is 0 Å². The van der Waals surface area contributed by atoms with Crippen LogP contribution in [0.15, 0.2) is 36.5 Å². The van der Waals surface area contributed by atoms with E-state index in [-0.39, 0.29) is 5.69 Å². The van der Waals surface area contributed by atoms with E-state index in [1.54, 1.807) is 20.2 Å². The second kappa shape index (κ2) is 6.15. The lowest BCUT2D eigenvalue weighted by Gasteiger charge is -2.06. The van der Waals surface area contributed by atoms with Crippen LogP contribution in [0.1, 0.15) is 23.2 Å². The number of carbonyl (C=O) groups is 1. The van der Waals surface area contributed by atoms with E-state index in [9.17, 15) is 4.79 Å². The summed E-state index contributed by atoms with van der Waals surface area (Å²) in [5.74, 6) is 0.242. The number of aromatic nitrogens is 2. The molecule has 0 saturated carbocycles. The van der Waals surface area contributed by atoms with Gasteiger partial charge < -0.3 is 14.0 Å². The molecule has 0 fully saturated rings. The molecule has 0 radical (unpaired) electrons. The van der Waals surface area contributed by atoms with Crippen LogP contribution in [0.4, 0.5) is 0 Å². The molecule has 0 atom stereocenters. The maximum Gasteiger partial charge on any atom is 0.358 e. The van der Waals surface area contributed by atoms with Crippen LogP contribution in [-0.2, 0) is 16.1 Å². The minimum absolute atomic E-state index is 0.290. The third-order valence-electron chi connectivity index (χ3n) is 2.57. The van der Waals surface area contributed by atoms with Gasteiger partial charge in [-0.2, -0.15) is 0 Å². The Bertz CT molecular complexity index is 549. The van der Waals surface area contributed by atoms with Crippen molar-refractivity contribution >= 4 is 5.97 Å². The van der Waals surface area contributed by atoms with Crippen LogP contribution in [0.2, 0.25) is 0 Å². The highest BCUT2D eigenvalue weighted by Crippen LogP contribution is 2.14. The molecule has 1 aromatic heterocycles. The molecule has 100 valence electrons. The van der Waals surface area contributed by atoms with Gasteiger partial charge in [-0.25, -0.2) is 9.78 Å². The number of rotatable bonds is 5. The van der Waals surface area contributed by atoms with E-state index in [1.807, 2.05) is 34.9 Å². The fourth-order valence-electron chi connectivity index (χ4n) is 1.77. The van der Waals surface area contributed by atoms with Crippen LogP contribution in [0, 0.1) is 0 Å². The number of methoxy groups -OCH3 is 1. The fourth-order valence-corrected chi connectivity index (χ4v) is 1.77. The summed E-state index contributed by atoms with van der Waals surface area (Å²) in [6.45, 7) is 2.42. The number of carbonyl (C=O) groups excluding carboxylic acids is 1. The van der Waals surface area contributed by atoms with Crippen molar-refractivity contribution in [1.29, 1.82) is 0 Å². The molecule has 0 N–H and O–H groups in total. The van der Waals surface area contributed by atoms with E-state index in [0.29, 0.717) is 19.0 Å². The number of esters is 1. The second-order valence-electron chi connectivity index (χ2n) is 3.90. The van der Waals surface area contributed by atoms with E-state index >= 15 is 0 Å². The maximum absolute atomic E-state index is 11.7. The third-order valence-corrected chi connectivity index (χ3v) is 2.57. The van der Waals surface area contributed by atoms with E-state index in [4.69, 9.17) is 9.47 Å². The first-order valence-electron chi connectivity index (χ1n) is 6.06. The third kappa shape index (κ3) is 3.00. The highest BCUT2D eigenvalue weighted by molar-refractivity contribution is 5.87. The predicted molar refractivity (Wildman–Crippen MR) is 70.2 cm³/mol. The summed E-state index contributed by atoms with van der Waals surface area (Å²) in [7, 11) is 1.59. The lowest BCUT2D eigenvalue weighted by Crippen LogP contribution is -2.05. The summed E-state index contributed by atoms with van der Waals surface area (Å²) in [4.78, 5) is 16.0. The standard InChI is InChI=1S/C14H16N2O3/c1-3-19-14(17)12-9-16(13(15-12)10-18-2)11-7-5-4-6-8-11/h4-9H,3,10H2,1-2H3. The van der Waals surface area contributed by atoms with Crippen molar-refractivity contribution in [3.05, 3.63) is 48.0 Å². The summed E-state index contributed by atoms with van der Waals surface area (Å²) < 4.78 is 11.9. The zero-order valence-corrected chi connectivity index (χ0v) is 11.0. The predicted octanol–water partition coefficient (Wildman–Crippen LogP) is 2.20. The number of para-hydroxylation sites is 1. The van der Waals surface area contributed by atoms with Gasteiger partial charge in [-0.05, 0) is 19.1 Å². The normalized spacial score (nSPS) is 10.4. The molecule has 0 aliphatic heterocycles. The molecule has 5 nitrogen and oxygen atoms in total. The van der Waals surface area contributed by atoms with Crippen molar-refractivity contribution in [3.8, 4) is 5.69 Å². The Morgan fingerprint density at radius 3 is 2.68 bits per heavy atom. The molecule has 0 aliphatic carbocycles. The van der Waals surface area contributed by atoms with E-state index < -0.39 is 5.97 Å². The largest absolute Gasteiger partial charge is 0.461 e. The maximum atomic E-state index is 11.7. The van der Waals surface area contributed by atoms with Crippen LogP contribution >= 0.6 is 0 Å². The highest BCUT2D eigenvalue weighted by Gasteiger charge is 2.15. The molecule has 0 amide bonds. The number of benzene rings is 1. The lowest BCUT2D eigenvalue weighted by atomic mass is 10.3. The average Bonchev–Trinajstić information content (AvgIpc) is 2.85. The minimum Gasteiger partial charge on any atom is -0.461 e. The van der Waals surface area contributed by atoms with Gasteiger partial charge in [0.05, 0.1) is 6.61 Å². The average molecular weight is 260 g/mol. The monoisotopic (exact) mass is 260 g/mol. The molecular weight excluding hydrogens is 244 g/mol. The summed E-state index contributed by atoms with van der Waals surface area (Å²) >= 11 is 0. The molecular formula is C14H16N2O3. The van der Waals surface area contributed by atoms with Gasteiger partial charge in [-0.3, -0.25) is 0 Å². The zero-order chi connectivity index (χ0) is 13.7. The molecule has 5 heteroatoms. The number of hydrogen-bond donors (Lipinski definition) is 0. The van der Waals surface area contributed by atoms with Crippen molar-refractivity contribution < 1.29 is 14.3 Å². The van der Waals surface area contributed by atoms with E-state index in [1.165, 1.54) is 0 Å². The Morgan fingerprint density at radius 2 is 2.05 bits per heavy atom. The Balaban J connectivity index is 2.39. The summed E-state index contributed by atoms with van der Waals surface area (Å²) in [5.41, 5.74) is 1.22. The van der Waals surface area contributed by atoms with Gasteiger partial charge in [0, 0.05) is 19.0 Å². The Morgan fingerprint density at radius 1 is 1.32 bits per heavy atom. The van der Waals surface area contributed by atoms with Gasteiger partial charge in [0.15, 0.2) is 5.69 Å². The Labute approximate surface area is 111 Å². The molecule has 1 heterocycles. The fraction of sp³-hybridized carbons (Fsp3) is 0.286. The van der Waals surface area contributed by atoms with Crippen LogP contribution in [-0.4, -0.2) is 29.2 Å². The SMILES string of the molecule is CCOC(=O)c1cn(-c2ccccc2)c(COC)n1. The lowest BCUT2D eigenvalue weighted by molar-refractivity contribution is 0.0519. The number of imidazole rings is 1. The number of ether oxygens (including phenoxy) is 2. The van der Waals surface area contributed by atoms with Crippen molar-refractivity contribution in [3.63, 3.8) is 0 Å². The van der Waals surface area contributed by atoms with Gasteiger partial charge >= 0.3 is 5.97 Å². The van der Waals surface area contributed by atoms with Crippen molar-refractivity contribution in [2.75, 3.05) is 13.7 Å². The van der Waals surface area contributed by atoms with Gasteiger partial charge in [0.1, 0.15) is 12.4 Å². The van der Waals surface area contributed by atoms with Crippen molar-refractivity contribution in [1.82, 2.24) is 9.55 Å². The van der Waals surface area contributed by atoms with Crippen LogP contribution in [0.3, 0.4) is 0 Å². The van der Waals surface area contributed by atoms with Gasteiger partial charge in [-0.1, -0.05) is 18.2 Å². The minimum atomic E-state index is -0.422. The Hall–Kier alpha value is -2.14. The second-order valence-corrected chi connectivity index (χ2v) is 3.90. The molecule has 0 unspecified atom stereocenters. The zero-order valence-electron chi connectivity index (χ0n) is 11.0. The molecule has 0 aliphatic rings. The molecule has 2 aromatic rings. The molecule has 2 rings (SSSR count). The van der Waals surface area contributed by atoms with Gasteiger partial charge in [-0.15, -0.1) is 0 Å². The van der Waals surface area contributed by atoms with Gasteiger partial charge in [0.25, 0.3) is 0 Å². The number of hydrogen-bond acceptors (Lipinski definition) is 4. The first kappa shape index (κ1) is 13.3. The molecule has 0 spiro atoms.